The first-order chi connectivity index (χ1) is 21.3. The van der Waals surface area contributed by atoms with Crippen LogP contribution in [0, 0.1) is 0 Å². The molecule has 8 unspecified atom stereocenters. The van der Waals surface area contributed by atoms with Gasteiger partial charge in [0, 0.05) is 6.54 Å². The number of aromatic amines is 1. The van der Waals surface area contributed by atoms with Crippen LogP contribution < -0.4 is 21.7 Å². The Kier molecular flexibility index (Phi) is 7.53. The molecule has 242 valence electrons. The van der Waals surface area contributed by atoms with Crippen molar-refractivity contribution in [3.05, 3.63) is 23.0 Å². The Bertz CT molecular complexity index is 2010. The summed E-state index contributed by atoms with van der Waals surface area (Å²) in [6.45, 7) is -5.54. The number of rotatable bonds is 2. The number of H-pyrrole nitrogens is 1. The summed E-state index contributed by atoms with van der Waals surface area (Å²) in [6, 6.07) is 0. The Morgan fingerprint density at radius 1 is 1.20 bits per heavy atom. The Morgan fingerprint density at radius 2 is 2.00 bits per heavy atom. The SMILES string of the molecule is Nc1nc2c(nnn2C2SC3CO[P@](=O)(S)OC4C(CNS(=O)(=O)OC3C2O)OC(n2cnc3c(N)ncnc32)C4F)c(=O)[nH]1. The Labute approximate surface area is 259 Å². The molecule has 4 aromatic heterocycles. The smallest absolute Gasteiger partial charge is 0.386 e. The van der Waals surface area contributed by atoms with Crippen molar-refractivity contribution in [2.45, 2.75) is 47.4 Å². The minimum Gasteiger partial charge on any atom is -0.387 e. The second-order valence-corrected chi connectivity index (χ2v) is 15.6. The predicted octanol–water partition coefficient (Wildman–Crippen LogP) is -1.60. The van der Waals surface area contributed by atoms with Crippen LogP contribution in [0.2, 0.25) is 0 Å². The molecule has 0 aliphatic carbocycles. The van der Waals surface area contributed by atoms with Gasteiger partial charge >= 0.3 is 17.1 Å². The molecule has 0 saturated carbocycles. The van der Waals surface area contributed by atoms with Crippen molar-refractivity contribution < 1.29 is 40.4 Å². The van der Waals surface area contributed by atoms with Gasteiger partial charge in [-0.05, 0) is 0 Å². The molecule has 0 aromatic carbocycles. The van der Waals surface area contributed by atoms with Gasteiger partial charge in [-0.25, -0.2) is 28.6 Å². The summed E-state index contributed by atoms with van der Waals surface area (Å²) in [5.41, 5.74) is 10.8. The number of fused-ring (bicyclic) bond motifs is 4. The summed E-state index contributed by atoms with van der Waals surface area (Å²) in [5.74, 6) is -0.216. The number of aliphatic hydroxyl groups excluding tert-OH is 1. The first-order valence-electron chi connectivity index (χ1n) is 12.8. The minimum absolute atomic E-state index is 0.0342. The lowest BCUT2D eigenvalue weighted by Gasteiger charge is -2.27. The van der Waals surface area contributed by atoms with Crippen molar-refractivity contribution in [3.63, 3.8) is 0 Å². The third-order valence-electron chi connectivity index (χ3n) is 7.19. The number of thiol groups is 1. The maximum Gasteiger partial charge on any atom is 0.386 e. The van der Waals surface area contributed by atoms with E-state index in [0.29, 0.717) is 0 Å². The van der Waals surface area contributed by atoms with E-state index in [1.807, 2.05) is 0 Å². The summed E-state index contributed by atoms with van der Waals surface area (Å²) in [6.07, 6.45) is -7.34. The lowest BCUT2D eigenvalue weighted by atomic mass is 10.1. The van der Waals surface area contributed by atoms with Crippen LogP contribution in [0.15, 0.2) is 17.4 Å². The first kappa shape index (κ1) is 30.6. The molecule has 3 saturated heterocycles. The van der Waals surface area contributed by atoms with Crippen molar-refractivity contribution in [3.8, 4) is 0 Å². The fourth-order valence-electron chi connectivity index (χ4n) is 5.18. The monoisotopic (exact) mass is 708 g/mol. The average molecular weight is 709 g/mol. The van der Waals surface area contributed by atoms with Crippen molar-refractivity contribution in [1.29, 1.82) is 0 Å². The number of hydrogen-bond acceptors (Lipinski definition) is 18. The Hall–Kier alpha value is -3.00. The highest BCUT2D eigenvalue weighted by atomic mass is 32.7. The molecule has 3 aliphatic heterocycles. The topological polar surface area (TPSA) is 292 Å². The van der Waals surface area contributed by atoms with Crippen LogP contribution in [0.1, 0.15) is 11.6 Å². The maximum atomic E-state index is 16.0. The fourth-order valence-corrected chi connectivity index (χ4v) is 9.28. The van der Waals surface area contributed by atoms with Gasteiger partial charge in [-0.15, -0.1) is 16.9 Å². The largest absolute Gasteiger partial charge is 0.387 e. The van der Waals surface area contributed by atoms with Crippen LogP contribution in [0.25, 0.3) is 22.3 Å². The zero-order chi connectivity index (χ0) is 31.8. The number of halogens is 1. The number of ether oxygens (including phenoxy) is 1. The van der Waals surface area contributed by atoms with Gasteiger partial charge < -0.3 is 21.3 Å². The molecular weight excluding hydrogens is 686 g/mol. The number of aromatic nitrogens is 9. The summed E-state index contributed by atoms with van der Waals surface area (Å²) in [7, 11) is -4.66. The zero-order valence-corrected chi connectivity index (χ0v) is 25.6. The molecule has 0 bridgehead atoms. The molecule has 3 fully saturated rings. The predicted molar refractivity (Wildman–Crippen MR) is 155 cm³/mol. The van der Waals surface area contributed by atoms with Crippen molar-refractivity contribution in [2.75, 3.05) is 24.6 Å². The molecule has 4 aromatic rings. The van der Waals surface area contributed by atoms with E-state index in [9.17, 15) is 22.9 Å². The number of aliphatic hydroxyl groups is 1. The summed E-state index contributed by atoms with van der Waals surface area (Å²) in [5, 5.41) is 16.7. The number of nitrogens with zero attached hydrogens (tertiary/aromatic N) is 8. The first-order valence-corrected chi connectivity index (χ1v) is 17.9. The molecule has 0 radical (unpaired) electrons. The van der Waals surface area contributed by atoms with Crippen LogP contribution >= 0.6 is 30.8 Å². The third-order valence-corrected chi connectivity index (χ3v) is 11.3. The number of nitrogens with two attached hydrogens (primary N) is 2. The number of imidazole rings is 1. The van der Waals surface area contributed by atoms with Gasteiger partial charge in [-0.2, -0.15) is 18.1 Å². The average Bonchev–Trinajstić information content (AvgIpc) is 3.72. The minimum atomic E-state index is -4.66. The maximum absolute atomic E-state index is 16.0. The molecule has 7 rings (SSSR count). The second kappa shape index (κ2) is 11.1. The van der Waals surface area contributed by atoms with Gasteiger partial charge in [0.1, 0.15) is 41.6 Å². The molecular formula is C19H22FN12O9PS3. The van der Waals surface area contributed by atoms with Crippen LogP contribution in [0.5, 0.6) is 0 Å². The van der Waals surface area contributed by atoms with Crippen molar-refractivity contribution >= 4 is 75.2 Å². The highest BCUT2D eigenvalue weighted by Crippen LogP contribution is 2.58. The molecule has 7 heterocycles. The lowest BCUT2D eigenvalue weighted by molar-refractivity contribution is -0.0200. The van der Waals surface area contributed by atoms with Gasteiger partial charge in [0.25, 0.3) is 5.56 Å². The van der Waals surface area contributed by atoms with Gasteiger partial charge in [-0.3, -0.25) is 27.6 Å². The van der Waals surface area contributed by atoms with Gasteiger partial charge in [0.15, 0.2) is 35.0 Å². The van der Waals surface area contributed by atoms with E-state index in [2.05, 4.69) is 52.2 Å². The Balaban J connectivity index is 1.17. The summed E-state index contributed by atoms with van der Waals surface area (Å²) < 4.78 is 82.0. The zero-order valence-electron chi connectivity index (χ0n) is 22.2. The van der Waals surface area contributed by atoms with E-state index in [4.69, 9.17) is 29.4 Å². The molecule has 0 spiro atoms. The van der Waals surface area contributed by atoms with E-state index < -0.39 is 83.3 Å². The molecule has 45 heavy (non-hydrogen) atoms. The normalized spacial score (nSPS) is 35.5. The van der Waals surface area contributed by atoms with E-state index in [1.165, 1.54) is 10.9 Å². The molecule has 3 aliphatic rings. The van der Waals surface area contributed by atoms with Crippen LogP contribution in [-0.2, 0) is 32.8 Å². The number of hydrogen-bond donors (Lipinski definition) is 6. The van der Waals surface area contributed by atoms with Crippen molar-refractivity contribution in [1.82, 2.24) is 49.2 Å². The molecule has 0 amide bonds. The van der Waals surface area contributed by atoms with Gasteiger partial charge in [0.05, 0.1) is 18.2 Å². The number of thioether (sulfide) groups is 1. The summed E-state index contributed by atoms with van der Waals surface area (Å²) in [4.78, 5) is 30.5. The molecule has 9 atom stereocenters. The van der Waals surface area contributed by atoms with E-state index in [0.717, 1.165) is 22.8 Å². The standard InChI is InChI=1S/C19H22FN12O9PS3/c20-7-11-5(39-17(7)31-4-25-8-13(21)23-3-24-14(8)31)1-26-45(36,37)41-12-6(2-38-42(35,43)40-11)44-18(10(12)33)32-15-9(29-30-32)16(34)28-19(22)27-15/h3-7,10-12,17-18,26,33H,1-2H2,(H,35,43)(H2,21,23,24)(H3,22,27,28,34)/t5?,6?,7?,10?,11?,12?,17?,18?,42-/m0/s1. The fraction of sp³-hybridized carbons (Fsp3) is 0.526. The number of alkyl halides is 1. The number of anilines is 2. The molecule has 26 heteroatoms. The molecule has 21 nitrogen and oxygen atoms in total. The third kappa shape index (κ3) is 5.45. The Morgan fingerprint density at radius 3 is 2.80 bits per heavy atom. The van der Waals surface area contributed by atoms with E-state index >= 15 is 4.39 Å². The van der Waals surface area contributed by atoms with Gasteiger partial charge in [-0.1, -0.05) is 17.5 Å². The second-order valence-electron chi connectivity index (χ2n) is 10.0. The van der Waals surface area contributed by atoms with E-state index in [-0.39, 0.29) is 34.1 Å². The lowest BCUT2D eigenvalue weighted by Crippen LogP contribution is -2.45. The summed E-state index contributed by atoms with van der Waals surface area (Å²) >= 11 is 4.90. The number of nitrogens with one attached hydrogen (secondary N) is 2. The van der Waals surface area contributed by atoms with Gasteiger partial charge in [0.2, 0.25) is 5.95 Å². The highest BCUT2D eigenvalue weighted by Gasteiger charge is 2.53. The van der Waals surface area contributed by atoms with Crippen LogP contribution in [0.4, 0.5) is 16.2 Å². The highest BCUT2D eigenvalue weighted by molar-refractivity contribution is 8.44. The molecule has 7 N–H and O–H groups in total. The van der Waals surface area contributed by atoms with Crippen molar-refractivity contribution in [2.24, 2.45) is 0 Å². The quantitative estimate of drug-likeness (QED) is 0.101. The van der Waals surface area contributed by atoms with Crippen LogP contribution in [-0.4, -0.2) is 107 Å². The van der Waals surface area contributed by atoms with Crippen LogP contribution in [0.3, 0.4) is 0 Å². The number of nitrogen functional groups attached to an aromatic ring is 2. The van der Waals surface area contributed by atoms with E-state index in [1.54, 1.807) is 0 Å².